The van der Waals surface area contributed by atoms with Crippen LogP contribution in [0.25, 0.3) is 0 Å². The molecular formula is C11H20N2O. The maximum absolute atomic E-state index is 10.2. The van der Waals surface area contributed by atoms with Gasteiger partial charge in [-0.1, -0.05) is 25.7 Å². The monoisotopic (exact) mass is 196 g/mol. The Bertz CT molecular complexity index is 190. The molecule has 3 heteroatoms. The van der Waals surface area contributed by atoms with Crippen LogP contribution in [0.15, 0.2) is 0 Å². The second-order valence-corrected chi connectivity index (χ2v) is 4.22. The number of hydrogen-bond acceptors (Lipinski definition) is 3. The molecular weight excluding hydrogens is 176 g/mol. The van der Waals surface area contributed by atoms with E-state index in [1.54, 1.807) is 0 Å². The van der Waals surface area contributed by atoms with Gasteiger partial charge < -0.3 is 10.4 Å². The Kier molecular flexibility index (Phi) is 4.92. The van der Waals surface area contributed by atoms with Gasteiger partial charge in [-0.3, -0.25) is 0 Å². The third-order valence-electron chi connectivity index (χ3n) is 2.90. The summed E-state index contributed by atoms with van der Waals surface area (Å²) in [5, 5.41) is 21.7. The summed E-state index contributed by atoms with van der Waals surface area (Å²) in [4.78, 5) is 0. The summed E-state index contributed by atoms with van der Waals surface area (Å²) in [5.41, 5.74) is -0.508. The molecule has 1 aliphatic rings. The zero-order valence-electron chi connectivity index (χ0n) is 8.76. The molecule has 0 bridgehead atoms. The summed E-state index contributed by atoms with van der Waals surface area (Å²) in [7, 11) is 0. The number of nitrogens with zero attached hydrogens (tertiary/aromatic N) is 1. The quantitative estimate of drug-likeness (QED) is 0.530. The van der Waals surface area contributed by atoms with Crippen molar-refractivity contribution in [1.82, 2.24) is 5.32 Å². The van der Waals surface area contributed by atoms with Crippen LogP contribution >= 0.6 is 0 Å². The molecule has 0 radical (unpaired) electrons. The van der Waals surface area contributed by atoms with Crippen molar-refractivity contribution >= 4 is 0 Å². The van der Waals surface area contributed by atoms with Crippen LogP contribution < -0.4 is 5.32 Å². The van der Waals surface area contributed by atoms with Crippen molar-refractivity contribution < 1.29 is 5.11 Å². The summed E-state index contributed by atoms with van der Waals surface area (Å²) < 4.78 is 0. The van der Waals surface area contributed by atoms with Gasteiger partial charge in [0.05, 0.1) is 11.7 Å². The zero-order chi connectivity index (χ0) is 10.3. The molecule has 1 saturated carbocycles. The van der Waals surface area contributed by atoms with E-state index in [0.29, 0.717) is 19.5 Å². The lowest BCUT2D eigenvalue weighted by Gasteiger charge is -2.26. The van der Waals surface area contributed by atoms with Crippen molar-refractivity contribution in [3.05, 3.63) is 0 Å². The van der Waals surface area contributed by atoms with Crippen molar-refractivity contribution in [1.29, 1.82) is 5.26 Å². The molecule has 0 saturated heterocycles. The van der Waals surface area contributed by atoms with Gasteiger partial charge in [0.1, 0.15) is 0 Å². The second kappa shape index (κ2) is 6.00. The average Bonchev–Trinajstić information content (AvgIpc) is 2.39. The number of aliphatic hydroxyl groups is 1. The smallest absolute Gasteiger partial charge is 0.0771 e. The number of rotatable bonds is 4. The molecule has 0 spiro atoms. The Morgan fingerprint density at radius 2 is 1.86 bits per heavy atom. The van der Waals surface area contributed by atoms with Crippen molar-refractivity contribution in [3.63, 3.8) is 0 Å². The van der Waals surface area contributed by atoms with Gasteiger partial charge in [-0.05, 0) is 12.8 Å². The summed E-state index contributed by atoms with van der Waals surface area (Å²) in [6, 6.07) is 2.09. The first-order valence-corrected chi connectivity index (χ1v) is 5.57. The predicted molar refractivity (Wildman–Crippen MR) is 55.8 cm³/mol. The van der Waals surface area contributed by atoms with Crippen molar-refractivity contribution in [3.8, 4) is 6.07 Å². The molecule has 2 N–H and O–H groups in total. The lowest BCUT2D eigenvalue weighted by molar-refractivity contribution is 0.0256. The van der Waals surface area contributed by atoms with Gasteiger partial charge in [0, 0.05) is 19.5 Å². The lowest BCUT2D eigenvalue weighted by atomic mass is 9.94. The lowest BCUT2D eigenvalue weighted by Crippen LogP contribution is -2.40. The van der Waals surface area contributed by atoms with Crippen LogP contribution in [-0.2, 0) is 0 Å². The third kappa shape index (κ3) is 4.08. The normalized spacial score (nSPS) is 21.1. The summed E-state index contributed by atoms with van der Waals surface area (Å²) in [5.74, 6) is 0. The van der Waals surface area contributed by atoms with Crippen LogP contribution in [0.2, 0.25) is 0 Å². The predicted octanol–water partition coefficient (Wildman–Crippen LogP) is 1.57. The minimum absolute atomic E-state index is 0.508. The Hall–Kier alpha value is -0.590. The van der Waals surface area contributed by atoms with Crippen LogP contribution in [-0.4, -0.2) is 23.8 Å². The summed E-state index contributed by atoms with van der Waals surface area (Å²) in [6.45, 7) is 1.34. The molecule has 0 aromatic carbocycles. The number of nitrogens with one attached hydrogen (secondary N) is 1. The van der Waals surface area contributed by atoms with E-state index in [9.17, 15) is 5.11 Å². The Labute approximate surface area is 86.1 Å². The molecule has 3 nitrogen and oxygen atoms in total. The first-order chi connectivity index (χ1) is 6.77. The standard InChI is InChI=1S/C11H20N2O/c12-8-5-9-13-10-11(14)6-3-1-2-4-7-11/h13-14H,1-7,9-10H2. The Morgan fingerprint density at radius 1 is 1.21 bits per heavy atom. The Morgan fingerprint density at radius 3 is 2.43 bits per heavy atom. The van der Waals surface area contributed by atoms with Gasteiger partial charge in [0.15, 0.2) is 0 Å². The molecule has 0 aromatic rings. The molecule has 0 aliphatic heterocycles. The van der Waals surface area contributed by atoms with Gasteiger partial charge in [0.2, 0.25) is 0 Å². The van der Waals surface area contributed by atoms with Crippen LogP contribution in [0.4, 0.5) is 0 Å². The van der Waals surface area contributed by atoms with E-state index in [0.717, 1.165) is 25.7 Å². The van der Waals surface area contributed by atoms with Gasteiger partial charge in [0.25, 0.3) is 0 Å². The van der Waals surface area contributed by atoms with Gasteiger partial charge >= 0.3 is 0 Å². The third-order valence-corrected chi connectivity index (χ3v) is 2.90. The van der Waals surface area contributed by atoms with Gasteiger partial charge in [-0.25, -0.2) is 0 Å². The summed E-state index contributed by atoms with van der Waals surface area (Å²) in [6.07, 6.45) is 7.11. The number of hydrogen-bond donors (Lipinski definition) is 2. The average molecular weight is 196 g/mol. The van der Waals surface area contributed by atoms with E-state index in [-0.39, 0.29) is 0 Å². The number of nitriles is 1. The van der Waals surface area contributed by atoms with Crippen molar-refractivity contribution in [2.24, 2.45) is 0 Å². The largest absolute Gasteiger partial charge is 0.389 e. The molecule has 1 rings (SSSR count). The van der Waals surface area contributed by atoms with Crippen molar-refractivity contribution in [2.45, 2.75) is 50.5 Å². The van der Waals surface area contributed by atoms with E-state index < -0.39 is 5.60 Å². The zero-order valence-corrected chi connectivity index (χ0v) is 8.76. The van der Waals surface area contributed by atoms with E-state index in [2.05, 4.69) is 11.4 Å². The minimum Gasteiger partial charge on any atom is -0.389 e. The molecule has 0 aromatic heterocycles. The van der Waals surface area contributed by atoms with Crippen molar-refractivity contribution in [2.75, 3.05) is 13.1 Å². The van der Waals surface area contributed by atoms with E-state index in [1.165, 1.54) is 12.8 Å². The first-order valence-electron chi connectivity index (χ1n) is 5.57. The molecule has 0 amide bonds. The SMILES string of the molecule is N#CCCNCC1(O)CCCCCC1. The second-order valence-electron chi connectivity index (χ2n) is 4.22. The van der Waals surface area contributed by atoms with Crippen LogP contribution in [0.5, 0.6) is 0 Å². The Balaban J connectivity index is 2.21. The fourth-order valence-electron chi connectivity index (χ4n) is 2.03. The molecule has 0 heterocycles. The minimum atomic E-state index is -0.508. The molecule has 1 fully saturated rings. The molecule has 0 atom stereocenters. The summed E-state index contributed by atoms with van der Waals surface area (Å²) >= 11 is 0. The van der Waals surface area contributed by atoms with E-state index in [1.807, 2.05) is 0 Å². The van der Waals surface area contributed by atoms with Crippen LogP contribution in [0, 0.1) is 11.3 Å². The fraction of sp³-hybridized carbons (Fsp3) is 0.909. The topological polar surface area (TPSA) is 56.0 Å². The maximum atomic E-state index is 10.2. The molecule has 14 heavy (non-hydrogen) atoms. The highest BCUT2D eigenvalue weighted by atomic mass is 16.3. The highest BCUT2D eigenvalue weighted by Gasteiger charge is 2.26. The maximum Gasteiger partial charge on any atom is 0.0771 e. The van der Waals surface area contributed by atoms with Crippen LogP contribution in [0.1, 0.15) is 44.9 Å². The van der Waals surface area contributed by atoms with E-state index >= 15 is 0 Å². The molecule has 80 valence electrons. The molecule has 1 aliphatic carbocycles. The highest BCUT2D eigenvalue weighted by Crippen LogP contribution is 2.26. The molecule has 0 unspecified atom stereocenters. The van der Waals surface area contributed by atoms with Gasteiger partial charge in [-0.15, -0.1) is 0 Å². The van der Waals surface area contributed by atoms with Gasteiger partial charge in [-0.2, -0.15) is 5.26 Å². The highest BCUT2D eigenvalue weighted by molar-refractivity contribution is 4.83. The first kappa shape index (κ1) is 11.5. The van der Waals surface area contributed by atoms with E-state index in [4.69, 9.17) is 5.26 Å². The fourth-order valence-corrected chi connectivity index (χ4v) is 2.03. The van der Waals surface area contributed by atoms with Crippen LogP contribution in [0.3, 0.4) is 0 Å².